The Labute approximate surface area is 118 Å². The molecule has 2 aromatic heterocycles. The van der Waals surface area contributed by atoms with Crippen LogP contribution >= 0.6 is 0 Å². The summed E-state index contributed by atoms with van der Waals surface area (Å²) in [5, 5.41) is 3.49. The Morgan fingerprint density at radius 2 is 2.05 bits per heavy atom. The number of para-hydroxylation sites is 2. The zero-order valence-electron chi connectivity index (χ0n) is 11.7. The molecule has 0 aliphatic carbocycles. The summed E-state index contributed by atoms with van der Waals surface area (Å²) in [6.07, 6.45) is 3.67. The maximum absolute atomic E-state index is 4.71. The zero-order valence-corrected chi connectivity index (χ0v) is 11.7. The number of rotatable bonds is 4. The quantitative estimate of drug-likeness (QED) is 0.789. The molecule has 0 radical (unpaired) electrons. The number of nitrogens with zero attached hydrogens (tertiary/aromatic N) is 3. The Morgan fingerprint density at radius 3 is 2.80 bits per heavy atom. The molecule has 3 rings (SSSR count). The molecule has 4 heteroatoms. The molecule has 0 saturated heterocycles. The monoisotopic (exact) mass is 266 g/mol. The van der Waals surface area contributed by atoms with Crippen LogP contribution in [0.4, 0.5) is 0 Å². The van der Waals surface area contributed by atoms with E-state index in [2.05, 4.69) is 41.0 Å². The van der Waals surface area contributed by atoms with Gasteiger partial charge in [-0.1, -0.05) is 18.2 Å². The van der Waals surface area contributed by atoms with Crippen molar-refractivity contribution in [2.24, 2.45) is 7.05 Å². The van der Waals surface area contributed by atoms with E-state index in [1.54, 1.807) is 6.20 Å². The van der Waals surface area contributed by atoms with Crippen molar-refractivity contribution in [1.29, 1.82) is 0 Å². The largest absolute Gasteiger partial charge is 0.330 e. The van der Waals surface area contributed by atoms with E-state index in [0.29, 0.717) is 0 Å². The normalized spacial score (nSPS) is 12.7. The van der Waals surface area contributed by atoms with Crippen molar-refractivity contribution in [3.05, 3.63) is 60.2 Å². The fourth-order valence-electron chi connectivity index (χ4n) is 2.42. The van der Waals surface area contributed by atoms with E-state index < -0.39 is 0 Å². The summed E-state index contributed by atoms with van der Waals surface area (Å²) in [5.74, 6) is 1.05. The molecule has 0 aliphatic heterocycles. The first kappa shape index (κ1) is 12.8. The van der Waals surface area contributed by atoms with Gasteiger partial charge in [-0.2, -0.15) is 0 Å². The minimum Gasteiger partial charge on any atom is -0.330 e. The molecular weight excluding hydrogens is 248 g/mol. The van der Waals surface area contributed by atoms with Gasteiger partial charge in [0, 0.05) is 26.0 Å². The highest BCUT2D eigenvalue weighted by atomic mass is 15.1. The lowest BCUT2D eigenvalue weighted by Gasteiger charge is -2.13. The van der Waals surface area contributed by atoms with Gasteiger partial charge in [-0.25, -0.2) is 4.98 Å². The summed E-state index contributed by atoms with van der Waals surface area (Å²) in [5.41, 5.74) is 3.38. The number of imidazole rings is 1. The van der Waals surface area contributed by atoms with Crippen LogP contribution in [0, 0.1) is 0 Å². The summed E-state index contributed by atoms with van der Waals surface area (Å²) in [7, 11) is 2.06. The first-order valence-electron chi connectivity index (χ1n) is 6.79. The van der Waals surface area contributed by atoms with Gasteiger partial charge in [-0.05, 0) is 30.7 Å². The molecule has 0 saturated carbocycles. The summed E-state index contributed by atoms with van der Waals surface area (Å²) < 4.78 is 2.15. The fourth-order valence-corrected chi connectivity index (χ4v) is 2.42. The Kier molecular flexibility index (Phi) is 3.48. The van der Waals surface area contributed by atoms with E-state index in [9.17, 15) is 0 Å². The highest BCUT2D eigenvalue weighted by Crippen LogP contribution is 2.19. The molecule has 0 bridgehead atoms. The number of benzene rings is 1. The first-order valence-corrected chi connectivity index (χ1v) is 6.79. The third-order valence-electron chi connectivity index (χ3n) is 3.54. The van der Waals surface area contributed by atoms with Crippen molar-refractivity contribution in [2.45, 2.75) is 19.5 Å². The van der Waals surface area contributed by atoms with Gasteiger partial charge in [0.15, 0.2) is 0 Å². The minimum absolute atomic E-state index is 0.188. The number of fused-ring (bicyclic) bond motifs is 1. The molecule has 0 unspecified atom stereocenters. The molecule has 0 spiro atoms. The molecule has 1 N–H and O–H groups in total. The van der Waals surface area contributed by atoms with Crippen molar-refractivity contribution in [3.8, 4) is 0 Å². The van der Waals surface area contributed by atoms with E-state index >= 15 is 0 Å². The molecule has 102 valence electrons. The summed E-state index contributed by atoms with van der Waals surface area (Å²) in [4.78, 5) is 8.84. The standard InChI is InChI=1S/C16H18N4/c1-12(18-11-13-6-5-9-17-10-13)16-19-14-7-3-4-8-15(14)20(16)2/h3-10,12,18H,11H2,1-2H3/t12-/m1/s1. The number of nitrogens with one attached hydrogen (secondary N) is 1. The number of pyridine rings is 1. The smallest absolute Gasteiger partial charge is 0.126 e. The fraction of sp³-hybridized carbons (Fsp3) is 0.250. The summed E-state index contributed by atoms with van der Waals surface area (Å²) in [6, 6.07) is 12.4. The van der Waals surface area contributed by atoms with E-state index in [0.717, 1.165) is 23.4 Å². The molecular formula is C16H18N4. The highest BCUT2D eigenvalue weighted by Gasteiger charge is 2.13. The third kappa shape index (κ3) is 2.42. The number of hydrogen-bond acceptors (Lipinski definition) is 3. The topological polar surface area (TPSA) is 42.7 Å². The van der Waals surface area contributed by atoms with Crippen molar-refractivity contribution in [3.63, 3.8) is 0 Å². The van der Waals surface area contributed by atoms with E-state index in [-0.39, 0.29) is 6.04 Å². The van der Waals surface area contributed by atoms with Crippen molar-refractivity contribution < 1.29 is 0 Å². The zero-order chi connectivity index (χ0) is 13.9. The molecule has 0 fully saturated rings. The van der Waals surface area contributed by atoms with Gasteiger partial charge in [-0.15, -0.1) is 0 Å². The van der Waals surface area contributed by atoms with E-state index in [1.165, 1.54) is 5.56 Å². The maximum atomic E-state index is 4.71. The van der Waals surface area contributed by atoms with Crippen LogP contribution in [0.3, 0.4) is 0 Å². The number of hydrogen-bond donors (Lipinski definition) is 1. The molecule has 0 amide bonds. The highest BCUT2D eigenvalue weighted by molar-refractivity contribution is 5.75. The molecule has 2 heterocycles. The van der Waals surface area contributed by atoms with Crippen LogP contribution in [0.1, 0.15) is 24.4 Å². The van der Waals surface area contributed by atoms with Crippen LogP contribution in [0.25, 0.3) is 11.0 Å². The lowest BCUT2D eigenvalue weighted by atomic mass is 10.2. The van der Waals surface area contributed by atoms with Gasteiger partial charge < -0.3 is 9.88 Å². The second kappa shape index (κ2) is 5.43. The van der Waals surface area contributed by atoms with Crippen molar-refractivity contribution in [2.75, 3.05) is 0 Å². The Morgan fingerprint density at radius 1 is 1.20 bits per heavy atom. The predicted octanol–water partition coefficient (Wildman–Crippen LogP) is 2.82. The van der Waals surface area contributed by atoms with Crippen LogP contribution < -0.4 is 5.32 Å². The predicted molar refractivity (Wildman–Crippen MR) is 80.2 cm³/mol. The second-order valence-corrected chi connectivity index (χ2v) is 4.98. The Hall–Kier alpha value is -2.20. The SMILES string of the molecule is C[C@@H](NCc1cccnc1)c1nc2ccccc2n1C. The molecule has 4 nitrogen and oxygen atoms in total. The van der Waals surface area contributed by atoms with Crippen LogP contribution in [-0.4, -0.2) is 14.5 Å². The average Bonchev–Trinajstić information content (AvgIpc) is 2.84. The summed E-state index contributed by atoms with van der Waals surface area (Å²) >= 11 is 0. The lowest BCUT2D eigenvalue weighted by Crippen LogP contribution is -2.21. The lowest BCUT2D eigenvalue weighted by molar-refractivity contribution is 0.532. The average molecular weight is 266 g/mol. The minimum atomic E-state index is 0.188. The van der Waals surface area contributed by atoms with Gasteiger partial charge >= 0.3 is 0 Å². The number of aryl methyl sites for hydroxylation is 1. The van der Waals surface area contributed by atoms with Gasteiger partial charge in [0.1, 0.15) is 5.82 Å². The molecule has 1 atom stereocenters. The molecule has 1 aromatic carbocycles. The number of aromatic nitrogens is 3. The second-order valence-electron chi connectivity index (χ2n) is 4.98. The van der Waals surface area contributed by atoms with Gasteiger partial charge in [0.2, 0.25) is 0 Å². The van der Waals surface area contributed by atoms with Crippen LogP contribution in [0.2, 0.25) is 0 Å². The van der Waals surface area contributed by atoms with Crippen molar-refractivity contribution >= 4 is 11.0 Å². The van der Waals surface area contributed by atoms with Gasteiger partial charge in [0.25, 0.3) is 0 Å². The Bertz CT molecular complexity index is 703. The van der Waals surface area contributed by atoms with Crippen LogP contribution in [-0.2, 0) is 13.6 Å². The molecule has 3 aromatic rings. The Balaban J connectivity index is 1.79. The third-order valence-corrected chi connectivity index (χ3v) is 3.54. The van der Waals surface area contributed by atoms with E-state index in [4.69, 9.17) is 4.98 Å². The van der Waals surface area contributed by atoms with Gasteiger partial charge in [-0.3, -0.25) is 4.98 Å². The van der Waals surface area contributed by atoms with Crippen LogP contribution in [0.5, 0.6) is 0 Å². The summed E-state index contributed by atoms with van der Waals surface area (Å²) in [6.45, 7) is 2.93. The maximum Gasteiger partial charge on any atom is 0.126 e. The van der Waals surface area contributed by atoms with E-state index in [1.807, 2.05) is 30.5 Å². The van der Waals surface area contributed by atoms with Crippen molar-refractivity contribution in [1.82, 2.24) is 19.9 Å². The van der Waals surface area contributed by atoms with Crippen LogP contribution in [0.15, 0.2) is 48.8 Å². The molecule has 0 aliphatic rings. The first-order chi connectivity index (χ1) is 9.75. The molecule has 20 heavy (non-hydrogen) atoms. The van der Waals surface area contributed by atoms with Gasteiger partial charge in [0.05, 0.1) is 17.1 Å².